The molecule has 6 nitrogen and oxygen atoms in total. The largest absolute Gasteiger partial charge is 0.456 e. The highest BCUT2D eigenvalue weighted by atomic mass is 16.5. The van der Waals surface area contributed by atoms with Gasteiger partial charge in [0.1, 0.15) is 6.10 Å². The number of rotatable bonds is 5. The summed E-state index contributed by atoms with van der Waals surface area (Å²) in [5.41, 5.74) is 6.58. The van der Waals surface area contributed by atoms with Gasteiger partial charge in [-0.15, -0.1) is 0 Å². The van der Waals surface area contributed by atoms with Gasteiger partial charge in [0, 0.05) is 6.54 Å². The predicted molar refractivity (Wildman–Crippen MR) is 90.7 cm³/mol. The third kappa shape index (κ3) is 3.33. The van der Waals surface area contributed by atoms with Crippen LogP contribution in [-0.4, -0.2) is 28.2 Å². The Labute approximate surface area is 138 Å². The van der Waals surface area contributed by atoms with E-state index < -0.39 is 12.1 Å². The first-order valence-corrected chi connectivity index (χ1v) is 7.59. The lowest BCUT2D eigenvalue weighted by Crippen LogP contribution is -2.35. The van der Waals surface area contributed by atoms with Gasteiger partial charge < -0.3 is 10.5 Å². The van der Waals surface area contributed by atoms with E-state index in [1.807, 2.05) is 12.1 Å². The Morgan fingerprint density at radius 2 is 1.83 bits per heavy atom. The van der Waals surface area contributed by atoms with Crippen molar-refractivity contribution in [1.82, 2.24) is 9.55 Å². The van der Waals surface area contributed by atoms with Gasteiger partial charge in [0.05, 0.1) is 29.3 Å². The molecule has 0 fully saturated rings. The third-order valence-corrected chi connectivity index (χ3v) is 3.68. The average Bonchev–Trinajstić information content (AvgIpc) is 2.64. The molecular formula is C18H17N3O3. The summed E-state index contributed by atoms with van der Waals surface area (Å²) in [6, 6.07) is 15.8. The van der Waals surface area contributed by atoms with Gasteiger partial charge in [-0.05, 0) is 24.3 Å². The van der Waals surface area contributed by atoms with Crippen LogP contribution >= 0.6 is 0 Å². The van der Waals surface area contributed by atoms with E-state index in [-0.39, 0.29) is 18.6 Å². The molecule has 3 aromatic rings. The van der Waals surface area contributed by atoms with Gasteiger partial charge in [0.25, 0.3) is 5.56 Å². The number of hydrogen-bond acceptors (Lipinski definition) is 5. The Morgan fingerprint density at radius 3 is 2.58 bits per heavy atom. The van der Waals surface area contributed by atoms with Gasteiger partial charge in [-0.1, -0.05) is 30.3 Å². The van der Waals surface area contributed by atoms with Crippen molar-refractivity contribution in [2.24, 2.45) is 5.73 Å². The van der Waals surface area contributed by atoms with Crippen LogP contribution in [0.15, 0.2) is 65.7 Å². The van der Waals surface area contributed by atoms with Crippen LogP contribution in [0.25, 0.3) is 10.9 Å². The standard InChI is InChI=1S/C18H17N3O3/c19-10-14(24-18(23)13-6-2-1-3-7-13)11-21-12-20-16-9-5-4-8-15(16)17(21)22/h1-9,12,14H,10-11,19H2. The first-order chi connectivity index (χ1) is 11.7. The summed E-state index contributed by atoms with van der Waals surface area (Å²) >= 11 is 0. The minimum absolute atomic E-state index is 0.109. The summed E-state index contributed by atoms with van der Waals surface area (Å²) in [6.45, 7) is 0.267. The topological polar surface area (TPSA) is 87.2 Å². The lowest BCUT2D eigenvalue weighted by Gasteiger charge is -2.17. The molecule has 3 rings (SSSR count). The quantitative estimate of drug-likeness (QED) is 0.720. The molecule has 0 aliphatic carbocycles. The zero-order valence-corrected chi connectivity index (χ0v) is 13.0. The highest BCUT2D eigenvalue weighted by molar-refractivity contribution is 5.89. The first-order valence-electron chi connectivity index (χ1n) is 7.59. The molecule has 1 unspecified atom stereocenters. The predicted octanol–water partition coefficient (Wildman–Crippen LogP) is 1.58. The SMILES string of the molecule is NCC(Cn1cnc2ccccc2c1=O)OC(=O)c1ccccc1. The molecule has 2 N–H and O–H groups in total. The number of fused-ring (bicyclic) bond motifs is 1. The molecule has 122 valence electrons. The Hall–Kier alpha value is -2.99. The second kappa shape index (κ2) is 7.06. The summed E-state index contributed by atoms with van der Waals surface area (Å²) in [4.78, 5) is 28.8. The van der Waals surface area contributed by atoms with Crippen LogP contribution in [0, 0.1) is 0 Å². The monoisotopic (exact) mass is 323 g/mol. The smallest absolute Gasteiger partial charge is 0.338 e. The van der Waals surface area contributed by atoms with Crippen molar-refractivity contribution < 1.29 is 9.53 Å². The van der Waals surface area contributed by atoms with Crippen LogP contribution in [0.3, 0.4) is 0 Å². The first kappa shape index (κ1) is 15.9. The minimum atomic E-state index is -0.613. The number of ether oxygens (including phenoxy) is 1. The minimum Gasteiger partial charge on any atom is -0.456 e. The third-order valence-electron chi connectivity index (χ3n) is 3.68. The molecule has 24 heavy (non-hydrogen) atoms. The fraction of sp³-hybridized carbons (Fsp3) is 0.167. The number of carbonyl (C=O) groups is 1. The van der Waals surface area contributed by atoms with Crippen molar-refractivity contribution in [3.05, 3.63) is 76.8 Å². The van der Waals surface area contributed by atoms with Gasteiger partial charge in [0.15, 0.2) is 0 Å². The lowest BCUT2D eigenvalue weighted by molar-refractivity contribution is 0.0280. The van der Waals surface area contributed by atoms with E-state index in [4.69, 9.17) is 10.5 Å². The van der Waals surface area contributed by atoms with Crippen LogP contribution < -0.4 is 11.3 Å². The van der Waals surface area contributed by atoms with E-state index in [0.29, 0.717) is 16.5 Å². The van der Waals surface area contributed by atoms with Crippen LogP contribution in [0.4, 0.5) is 0 Å². The maximum atomic E-state index is 12.5. The molecule has 0 saturated heterocycles. The number of aromatic nitrogens is 2. The fourth-order valence-corrected chi connectivity index (χ4v) is 2.41. The number of para-hydroxylation sites is 1. The second-order valence-corrected chi connectivity index (χ2v) is 5.35. The highest BCUT2D eigenvalue weighted by Crippen LogP contribution is 2.07. The molecule has 0 radical (unpaired) electrons. The van der Waals surface area contributed by atoms with Crippen molar-refractivity contribution in [3.63, 3.8) is 0 Å². The molecule has 0 amide bonds. The Kier molecular flexibility index (Phi) is 4.67. The Morgan fingerprint density at radius 1 is 1.12 bits per heavy atom. The van der Waals surface area contributed by atoms with Gasteiger partial charge in [-0.3, -0.25) is 9.36 Å². The van der Waals surface area contributed by atoms with Crippen LogP contribution in [0.1, 0.15) is 10.4 Å². The average molecular weight is 323 g/mol. The number of carbonyl (C=O) groups excluding carboxylic acids is 1. The molecule has 1 aromatic heterocycles. The van der Waals surface area contributed by atoms with E-state index in [1.54, 1.807) is 42.5 Å². The maximum Gasteiger partial charge on any atom is 0.338 e. The zero-order chi connectivity index (χ0) is 16.9. The van der Waals surface area contributed by atoms with Crippen molar-refractivity contribution >= 4 is 16.9 Å². The molecule has 0 saturated carbocycles. The van der Waals surface area contributed by atoms with Gasteiger partial charge in [-0.25, -0.2) is 9.78 Å². The molecule has 2 aromatic carbocycles. The van der Waals surface area contributed by atoms with E-state index in [1.165, 1.54) is 10.9 Å². The molecule has 6 heteroatoms. The van der Waals surface area contributed by atoms with E-state index in [2.05, 4.69) is 4.98 Å². The molecule has 0 bridgehead atoms. The normalized spacial score (nSPS) is 12.0. The van der Waals surface area contributed by atoms with Crippen molar-refractivity contribution in [2.45, 2.75) is 12.6 Å². The summed E-state index contributed by atoms with van der Waals surface area (Å²) in [5, 5.41) is 0.519. The maximum absolute atomic E-state index is 12.5. The Bertz CT molecular complexity index is 906. The molecule has 1 heterocycles. The number of nitrogens with zero attached hydrogens (tertiary/aromatic N) is 2. The molecular weight excluding hydrogens is 306 g/mol. The number of nitrogens with two attached hydrogens (primary N) is 1. The van der Waals surface area contributed by atoms with Gasteiger partial charge >= 0.3 is 5.97 Å². The van der Waals surface area contributed by atoms with Gasteiger partial charge in [-0.2, -0.15) is 0 Å². The number of hydrogen-bond donors (Lipinski definition) is 1. The number of benzene rings is 2. The van der Waals surface area contributed by atoms with Crippen LogP contribution in [-0.2, 0) is 11.3 Å². The van der Waals surface area contributed by atoms with Crippen molar-refractivity contribution in [3.8, 4) is 0 Å². The van der Waals surface area contributed by atoms with E-state index in [0.717, 1.165) is 0 Å². The molecule has 0 aliphatic heterocycles. The summed E-state index contributed by atoms with van der Waals surface area (Å²) in [7, 11) is 0. The summed E-state index contributed by atoms with van der Waals surface area (Å²) in [5.74, 6) is -0.465. The molecule has 0 aliphatic rings. The number of esters is 1. The van der Waals surface area contributed by atoms with Crippen LogP contribution in [0.5, 0.6) is 0 Å². The second-order valence-electron chi connectivity index (χ2n) is 5.35. The van der Waals surface area contributed by atoms with Crippen LogP contribution in [0.2, 0.25) is 0 Å². The lowest BCUT2D eigenvalue weighted by atomic mass is 10.2. The molecule has 0 spiro atoms. The molecule has 1 atom stereocenters. The summed E-state index contributed by atoms with van der Waals surface area (Å²) < 4.78 is 6.82. The van der Waals surface area contributed by atoms with Gasteiger partial charge in [0.2, 0.25) is 0 Å². The van der Waals surface area contributed by atoms with Crippen molar-refractivity contribution in [2.75, 3.05) is 6.54 Å². The zero-order valence-electron chi connectivity index (χ0n) is 13.0. The highest BCUT2D eigenvalue weighted by Gasteiger charge is 2.16. The summed E-state index contributed by atoms with van der Waals surface area (Å²) in [6.07, 6.45) is 0.835. The van der Waals surface area contributed by atoms with Crippen molar-refractivity contribution in [1.29, 1.82) is 0 Å². The van der Waals surface area contributed by atoms with E-state index >= 15 is 0 Å². The fourth-order valence-electron chi connectivity index (χ4n) is 2.41. The Balaban J connectivity index is 1.80. The van der Waals surface area contributed by atoms with E-state index in [9.17, 15) is 9.59 Å².